The van der Waals surface area contributed by atoms with E-state index in [-0.39, 0.29) is 24.7 Å². The largest absolute Gasteiger partial charge is 0.469 e. The van der Waals surface area contributed by atoms with Gasteiger partial charge in [-0.1, -0.05) is 18.2 Å². The first-order valence-corrected chi connectivity index (χ1v) is 9.56. The van der Waals surface area contributed by atoms with E-state index in [9.17, 15) is 9.59 Å². The van der Waals surface area contributed by atoms with Crippen molar-refractivity contribution in [2.24, 2.45) is 0 Å². The third kappa shape index (κ3) is 4.75. The molecular formula is C20H29N3O3. The third-order valence-corrected chi connectivity index (χ3v) is 5.47. The van der Waals surface area contributed by atoms with Crippen molar-refractivity contribution < 1.29 is 14.3 Å². The Hall–Kier alpha value is -2.08. The number of nitrogens with zero attached hydrogens (tertiary/aromatic N) is 3. The van der Waals surface area contributed by atoms with Crippen LogP contribution in [0.1, 0.15) is 25.7 Å². The van der Waals surface area contributed by atoms with Crippen LogP contribution < -0.4 is 4.90 Å². The molecule has 0 unspecified atom stereocenters. The second-order valence-electron chi connectivity index (χ2n) is 7.07. The van der Waals surface area contributed by atoms with Crippen LogP contribution in [0.2, 0.25) is 0 Å². The number of benzene rings is 1. The number of esters is 1. The van der Waals surface area contributed by atoms with Crippen LogP contribution >= 0.6 is 0 Å². The van der Waals surface area contributed by atoms with Gasteiger partial charge in [0, 0.05) is 57.4 Å². The van der Waals surface area contributed by atoms with Gasteiger partial charge in [-0.2, -0.15) is 0 Å². The van der Waals surface area contributed by atoms with Crippen LogP contribution in [0.3, 0.4) is 0 Å². The van der Waals surface area contributed by atoms with E-state index in [0.29, 0.717) is 6.04 Å². The fraction of sp³-hybridized carbons (Fsp3) is 0.600. The predicted molar refractivity (Wildman–Crippen MR) is 101 cm³/mol. The summed E-state index contributed by atoms with van der Waals surface area (Å²) in [6, 6.07) is 11.0. The van der Waals surface area contributed by atoms with Crippen molar-refractivity contribution in [3.05, 3.63) is 30.3 Å². The monoisotopic (exact) mass is 359 g/mol. The Morgan fingerprint density at radius 1 is 1.04 bits per heavy atom. The fourth-order valence-electron chi connectivity index (χ4n) is 3.93. The Balaban J connectivity index is 1.48. The molecule has 0 bridgehead atoms. The van der Waals surface area contributed by atoms with Crippen molar-refractivity contribution in [1.82, 2.24) is 9.80 Å². The number of piperidine rings is 1. The Bertz CT molecular complexity index is 600. The maximum Gasteiger partial charge on any atom is 0.306 e. The molecule has 6 nitrogen and oxygen atoms in total. The number of carbonyl (C=O) groups excluding carboxylic acids is 2. The summed E-state index contributed by atoms with van der Waals surface area (Å²) in [5.74, 6) is -0.244. The van der Waals surface area contributed by atoms with Gasteiger partial charge in [0.1, 0.15) is 0 Å². The number of carbonyl (C=O) groups is 2. The molecule has 2 fully saturated rings. The highest BCUT2D eigenvalue weighted by Gasteiger charge is 2.30. The molecule has 26 heavy (non-hydrogen) atoms. The van der Waals surface area contributed by atoms with Crippen LogP contribution in [0, 0.1) is 0 Å². The fourth-order valence-corrected chi connectivity index (χ4v) is 3.93. The summed E-state index contributed by atoms with van der Waals surface area (Å²) in [6.07, 6.45) is 2.60. The number of amides is 1. The molecule has 2 heterocycles. The van der Waals surface area contributed by atoms with Gasteiger partial charge in [-0.25, -0.2) is 0 Å². The molecule has 2 aliphatic heterocycles. The number of ether oxygens (including phenoxy) is 1. The first kappa shape index (κ1) is 18.7. The summed E-state index contributed by atoms with van der Waals surface area (Å²) in [4.78, 5) is 30.5. The molecule has 1 aromatic rings. The first-order chi connectivity index (χ1) is 12.7. The lowest BCUT2D eigenvalue weighted by atomic mass is 10.0. The lowest BCUT2D eigenvalue weighted by Gasteiger charge is -2.44. The molecule has 142 valence electrons. The maximum absolute atomic E-state index is 12.4. The van der Waals surface area contributed by atoms with Crippen LogP contribution in [-0.4, -0.2) is 74.1 Å². The lowest BCUT2D eigenvalue weighted by Crippen LogP contribution is -2.55. The number of anilines is 1. The predicted octanol–water partition coefficient (Wildman–Crippen LogP) is 1.75. The van der Waals surface area contributed by atoms with Crippen molar-refractivity contribution in [1.29, 1.82) is 0 Å². The summed E-state index contributed by atoms with van der Waals surface area (Å²) in [5.41, 5.74) is 1.29. The van der Waals surface area contributed by atoms with E-state index in [2.05, 4.69) is 38.8 Å². The Morgan fingerprint density at radius 3 is 2.46 bits per heavy atom. The Morgan fingerprint density at radius 2 is 1.77 bits per heavy atom. The summed E-state index contributed by atoms with van der Waals surface area (Å²) in [7, 11) is 1.36. The van der Waals surface area contributed by atoms with Crippen molar-refractivity contribution in [2.45, 2.75) is 31.7 Å². The van der Waals surface area contributed by atoms with Gasteiger partial charge in [0.2, 0.25) is 5.91 Å². The summed E-state index contributed by atoms with van der Waals surface area (Å²) < 4.78 is 4.63. The summed E-state index contributed by atoms with van der Waals surface area (Å²) in [6.45, 7) is 5.70. The number of rotatable bonds is 5. The highest BCUT2D eigenvalue weighted by atomic mass is 16.5. The molecule has 1 amide bonds. The average Bonchev–Trinajstić information content (AvgIpc) is 2.72. The molecule has 0 saturated carbocycles. The maximum atomic E-state index is 12.4. The van der Waals surface area contributed by atoms with Crippen LogP contribution in [0.4, 0.5) is 5.69 Å². The SMILES string of the molecule is COC(=O)CCC(=O)N1CCC[C@@H](N2CCN(c3ccccc3)CC2)C1. The number of hydrogen-bond donors (Lipinski definition) is 0. The average molecular weight is 359 g/mol. The lowest BCUT2D eigenvalue weighted by molar-refractivity contribution is -0.144. The van der Waals surface area contributed by atoms with E-state index in [1.807, 2.05) is 11.0 Å². The van der Waals surface area contributed by atoms with Gasteiger partial charge in [0.15, 0.2) is 0 Å². The van der Waals surface area contributed by atoms with E-state index >= 15 is 0 Å². The topological polar surface area (TPSA) is 53.1 Å². The molecule has 0 N–H and O–H groups in total. The normalized spacial score (nSPS) is 21.5. The van der Waals surface area contributed by atoms with Gasteiger partial charge < -0.3 is 14.5 Å². The second kappa shape index (κ2) is 9.03. The quantitative estimate of drug-likeness (QED) is 0.750. The molecule has 6 heteroatoms. The van der Waals surface area contributed by atoms with Crippen molar-refractivity contribution in [2.75, 3.05) is 51.3 Å². The van der Waals surface area contributed by atoms with E-state index in [4.69, 9.17) is 0 Å². The first-order valence-electron chi connectivity index (χ1n) is 9.56. The molecule has 0 aliphatic carbocycles. The Labute approximate surface area is 155 Å². The van der Waals surface area contributed by atoms with Gasteiger partial charge in [0.25, 0.3) is 0 Å². The molecule has 2 saturated heterocycles. The third-order valence-electron chi connectivity index (χ3n) is 5.47. The van der Waals surface area contributed by atoms with Crippen LogP contribution in [0.15, 0.2) is 30.3 Å². The van der Waals surface area contributed by atoms with Crippen molar-refractivity contribution in [3.8, 4) is 0 Å². The van der Waals surface area contributed by atoms with Crippen LogP contribution in [0.25, 0.3) is 0 Å². The minimum absolute atomic E-state index is 0.0722. The summed E-state index contributed by atoms with van der Waals surface area (Å²) >= 11 is 0. The smallest absolute Gasteiger partial charge is 0.306 e. The van der Waals surface area contributed by atoms with Crippen LogP contribution in [0.5, 0.6) is 0 Å². The number of piperazine rings is 1. The van der Waals surface area contributed by atoms with E-state index in [1.165, 1.54) is 12.8 Å². The van der Waals surface area contributed by atoms with Crippen molar-refractivity contribution >= 4 is 17.6 Å². The zero-order valence-electron chi connectivity index (χ0n) is 15.6. The minimum atomic E-state index is -0.316. The number of methoxy groups -OCH3 is 1. The molecule has 0 radical (unpaired) electrons. The van der Waals surface area contributed by atoms with Gasteiger partial charge in [-0.15, -0.1) is 0 Å². The van der Waals surface area contributed by atoms with E-state index in [1.54, 1.807) is 0 Å². The zero-order valence-corrected chi connectivity index (χ0v) is 15.6. The summed E-state index contributed by atoms with van der Waals surface area (Å²) in [5, 5.41) is 0. The van der Waals surface area contributed by atoms with Crippen LogP contribution in [-0.2, 0) is 14.3 Å². The number of hydrogen-bond acceptors (Lipinski definition) is 5. The van der Waals surface area contributed by atoms with E-state index < -0.39 is 0 Å². The minimum Gasteiger partial charge on any atom is -0.469 e. The van der Waals surface area contributed by atoms with Crippen molar-refractivity contribution in [3.63, 3.8) is 0 Å². The van der Waals surface area contributed by atoms with Gasteiger partial charge in [-0.05, 0) is 25.0 Å². The molecule has 2 aliphatic rings. The molecule has 0 spiro atoms. The highest BCUT2D eigenvalue weighted by Crippen LogP contribution is 2.21. The standard InChI is InChI=1S/C20H29N3O3/c1-26-20(25)10-9-19(24)23-11-5-8-18(16-23)22-14-12-21(13-15-22)17-6-3-2-4-7-17/h2-4,6-7,18H,5,8-16H2,1H3/t18-/m1/s1. The molecule has 3 rings (SSSR count). The number of para-hydroxylation sites is 1. The van der Waals surface area contributed by atoms with Gasteiger partial charge in [-0.3, -0.25) is 14.5 Å². The second-order valence-corrected chi connectivity index (χ2v) is 7.07. The molecule has 1 atom stereocenters. The Kier molecular flexibility index (Phi) is 6.50. The van der Waals surface area contributed by atoms with E-state index in [0.717, 1.165) is 52.1 Å². The van der Waals surface area contributed by atoms with Gasteiger partial charge in [0.05, 0.1) is 13.5 Å². The van der Waals surface area contributed by atoms with Gasteiger partial charge >= 0.3 is 5.97 Å². The molecular weight excluding hydrogens is 330 g/mol. The highest BCUT2D eigenvalue weighted by molar-refractivity contribution is 5.81. The molecule has 1 aromatic carbocycles. The number of likely N-dealkylation sites (tertiary alicyclic amines) is 1. The molecule has 0 aromatic heterocycles. The zero-order chi connectivity index (χ0) is 18.4.